The van der Waals surface area contributed by atoms with E-state index in [4.69, 9.17) is 25.5 Å². The summed E-state index contributed by atoms with van der Waals surface area (Å²) in [7, 11) is -0.520. The number of rotatable bonds is 9. The minimum atomic E-state index is -3.55. The molecule has 33 heavy (non-hydrogen) atoms. The number of hydrogen-bond acceptors (Lipinski definition) is 8. The van der Waals surface area contributed by atoms with E-state index in [1.54, 1.807) is 34.9 Å². The summed E-state index contributed by atoms with van der Waals surface area (Å²) < 4.78 is 43.8. The Morgan fingerprint density at radius 2 is 1.73 bits per heavy atom. The summed E-state index contributed by atoms with van der Waals surface area (Å²) in [6.07, 6.45) is 3.01. The molecule has 0 fully saturated rings. The standard InChI is InChI=1S/C22H21ClN4O5S/c1-30-18-4-3-5-19(31-2)21(18)27-20(25-26-22(27)17-12-32-14-24-17)13-33(28,29)11-10-15-6-8-16(23)9-7-15/h3-9,12,14H,10-11,13H2,1-2H3. The van der Waals surface area contributed by atoms with E-state index in [-0.39, 0.29) is 17.3 Å². The number of oxazole rings is 1. The van der Waals surface area contributed by atoms with Crippen LogP contribution in [0.1, 0.15) is 11.4 Å². The predicted molar refractivity (Wildman–Crippen MR) is 123 cm³/mol. The van der Waals surface area contributed by atoms with Gasteiger partial charge in [-0.1, -0.05) is 29.8 Å². The van der Waals surface area contributed by atoms with E-state index < -0.39 is 9.84 Å². The van der Waals surface area contributed by atoms with Crippen LogP contribution in [0.3, 0.4) is 0 Å². The maximum Gasteiger partial charge on any atom is 0.190 e. The van der Waals surface area contributed by atoms with E-state index >= 15 is 0 Å². The highest BCUT2D eigenvalue weighted by atomic mass is 35.5. The van der Waals surface area contributed by atoms with Crippen molar-refractivity contribution >= 4 is 21.4 Å². The van der Waals surface area contributed by atoms with Crippen molar-refractivity contribution in [2.45, 2.75) is 12.2 Å². The summed E-state index contributed by atoms with van der Waals surface area (Å²) in [5.41, 5.74) is 1.73. The Morgan fingerprint density at radius 1 is 1.03 bits per heavy atom. The van der Waals surface area contributed by atoms with E-state index in [1.807, 2.05) is 12.1 Å². The molecule has 9 nitrogen and oxygen atoms in total. The monoisotopic (exact) mass is 488 g/mol. The molecule has 0 unspecified atom stereocenters. The van der Waals surface area contributed by atoms with Crippen LogP contribution in [0.2, 0.25) is 5.02 Å². The first-order chi connectivity index (χ1) is 15.9. The topological polar surface area (TPSA) is 109 Å². The molecule has 2 aromatic heterocycles. The van der Waals surface area contributed by atoms with Crippen LogP contribution in [0.25, 0.3) is 17.2 Å². The molecule has 2 aromatic carbocycles. The minimum Gasteiger partial charge on any atom is -0.494 e. The number of halogens is 1. The zero-order valence-electron chi connectivity index (χ0n) is 17.9. The number of para-hydroxylation sites is 1. The Bertz CT molecular complexity index is 1310. The number of methoxy groups -OCH3 is 2. The maximum atomic E-state index is 13.0. The molecule has 0 atom stereocenters. The third-order valence-corrected chi connectivity index (χ3v) is 6.76. The van der Waals surface area contributed by atoms with Gasteiger partial charge in [0.25, 0.3) is 0 Å². The lowest BCUT2D eigenvalue weighted by molar-refractivity contribution is 0.390. The molecule has 4 rings (SSSR count). The summed E-state index contributed by atoms with van der Waals surface area (Å²) in [6, 6.07) is 12.3. The van der Waals surface area contributed by atoms with Crippen LogP contribution >= 0.6 is 11.6 Å². The summed E-state index contributed by atoms with van der Waals surface area (Å²) in [5, 5.41) is 8.97. The minimum absolute atomic E-state index is 0.0656. The van der Waals surface area contributed by atoms with Crippen molar-refractivity contribution in [2.24, 2.45) is 0 Å². The smallest absolute Gasteiger partial charge is 0.190 e. The van der Waals surface area contributed by atoms with Gasteiger partial charge >= 0.3 is 0 Å². The van der Waals surface area contributed by atoms with Crippen molar-refractivity contribution in [1.29, 1.82) is 0 Å². The number of aryl methyl sites for hydroxylation is 1. The molecule has 0 aliphatic heterocycles. The van der Waals surface area contributed by atoms with Crippen molar-refractivity contribution in [1.82, 2.24) is 19.7 Å². The largest absolute Gasteiger partial charge is 0.494 e. The van der Waals surface area contributed by atoms with Gasteiger partial charge in [0.15, 0.2) is 27.9 Å². The summed E-state index contributed by atoms with van der Waals surface area (Å²) in [5.74, 6) is 1.01. The molecule has 4 aromatic rings. The van der Waals surface area contributed by atoms with Gasteiger partial charge in [0.2, 0.25) is 0 Å². The van der Waals surface area contributed by atoms with Crippen LogP contribution < -0.4 is 9.47 Å². The van der Waals surface area contributed by atoms with Crippen LogP contribution in [0.15, 0.2) is 59.5 Å². The summed E-state index contributed by atoms with van der Waals surface area (Å²) >= 11 is 5.91. The Labute approximate surface area is 195 Å². The number of benzene rings is 2. The van der Waals surface area contributed by atoms with Gasteiger partial charge in [-0.3, -0.25) is 4.57 Å². The fraction of sp³-hybridized carbons (Fsp3) is 0.227. The molecular weight excluding hydrogens is 468 g/mol. The van der Waals surface area contributed by atoms with Gasteiger partial charge in [-0.2, -0.15) is 0 Å². The average molecular weight is 489 g/mol. The Morgan fingerprint density at radius 3 is 2.33 bits per heavy atom. The fourth-order valence-corrected chi connectivity index (χ4v) is 4.78. The van der Waals surface area contributed by atoms with Gasteiger partial charge in [-0.05, 0) is 36.2 Å². The first kappa shape index (κ1) is 22.8. The molecule has 0 saturated carbocycles. The number of nitrogens with zero attached hydrogens (tertiary/aromatic N) is 4. The van der Waals surface area contributed by atoms with Gasteiger partial charge in [0, 0.05) is 5.02 Å². The second-order valence-electron chi connectivity index (χ2n) is 7.13. The molecule has 0 spiro atoms. The van der Waals surface area contributed by atoms with Crippen molar-refractivity contribution in [2.75, 3.05) is 20.0 Å². The molecule has 0 N–H and O–H groups in total. The molecular formula is C22H21ClN4O5S. The lowest BCUT2D eigenvalue weighted by Crippen LogP contribution is -2.16. The Kier molecular flexibility index (Phi) is 6.66. The van der Waals surface area contributed by atoms with Gasteiger partial charge in [0.05, 0.1) is 20.0 Å². The first-order valence-corrected chi connectivity index (χ1v) is 12.1. The van der Waals surface area contributed by atoms with Gasteiger partial charge in [-0.15, -0.1) is 10.2 Å². The van der Waals surface area contributed by atoms with E-state index in [0.717, 1.165) is 5.56 Å². The lowest BCUT2D eigenvalue weighted by Gasteiger charge is -2.16. The van der Waals surface area contributed by atoms with Crippen molar-refractivity contribution < 1.29 is 22.3 Å². The lowest BCUT2D eigenvalue weighted by atomic mass is 10.2. The second-order valence-corrected chi connectivity index (χ2v) is 9.75. The predicted octanol–water partition coefficient (Wildman–Crippen LogP) is 3.75. The zero-order valence-corrected chi connectivity index (χ0v) is 19.5. The fourth-order valence-electron chi connectivity index (χ4n) is 3.38. The van der Waals surface area contributed by atoms with E-state index in [0.29, 0.717) is 40.1 Å². The van der Waals surface area contributed by atoms with Gasteiger partial charge < -0.3 is 13.9 Å². The van der Waals surface area contributed by atoms with Crippen molar-refractivity contribution in [3.63, 3.8) is 0 Å². The number of sulfone groups is 1. The SMILES string of the molecule is COc1cccc(OC)c1-n1c(CS(=O)(=O)CCc2ccc(Cl)cc2)nnc1-c1cocn1. The van der Waals surface area contributed by atoms with Gasteiger partial charge in [-0.25, -0.2) is 13.4 Å². The summed E-state index contributed by atoms with van der Waals surface area (Å²) in [4.78, 5) is 4.14. The quantitative estimate of drug-likeness (QED) is 0.350. The van der Waals surface area contributed by atoms with Crippen molar-refractivity contribution in [3.8, 4) is 28.7 Å². The third-order valence-electron chi connectivity index (χ3n) is 4.98. The highest BCUT2D eigenvalue weighted by Gasteiger charge is 2.26. The molecule has 11 heteroatoms. The Balaban J connectivity index is 1.73. The number of hydrogen-bond donors (Lipinski definition) is 0. The highest BCUT2D eigenvalue weighted by molar-refractivity contribution is 7.90. The number of ether oxygens (including phenoxy) is 2. The molecule has 0 aliphatic rings. The molecule has 0 saturated heterocycles. The normalized spacial score (nSPS) is 11.5. The molecule has 2 heterocycles. The maximum absolute atomic E-state index is 13.0. The van der Waals surface area contributed by atoms with Crippen LogP contribution in [0.5, 0.6) is 11.5 Å². The van der Waals surface area contributed by atoms with Crippen LogP contribution in [-0.4, -0.2) is 48.1 Å². The molecule has 0 radical (unpaired) electrons. The Hall–Kier alpha value is -3.37. The van der Waals surface area contributed by atoms with Crippen LogP contribution in [0.4, 0.5) is 0 Å². The zero-order chi connectivity index (χ0) is 23.4. The van der Waals surface area contributed by atoms with Crippen molar-refractivity contribution in [3.05, 3.63) is 71.5 Å². The molecule has 0 amide bonds. The molecule has 0 aliphatic carbocycles. The van der Waals surface area contributed by atoms with Crippen LogP contribution in [-0.2, 0) is 22.0 Å². The summed E-state index contributed by atoms with van der Waals surface area (Å²) in [6.45, 7) is 0. The van der Waals surface area contributed by atoms with Gasteiger partial charge in [0.1, 0.15) is 34.9 Å². The third kappa shape index (κ3) is 5.01. The van der Waals surface area contributed by atoms with Crippen LogP contribution in [0, 0.1) is 0 Å². The van der Waals surface area contributed by atoms with E-state index in [2.05, 4.69) is 15.2 Å². The first-order valence-electron chi connectivity index (χ1n) is 9.91. The molecule has 0 bridgehead atoms. The van der Waals surface area contributed by atoms with E-state index in [1.165, 1.54) is 26.9 Å². The van der Waals surface area contributed by atoms with E-state index in [9.17, 15) is 8.42 Å². The average Bonchev–Trinajstić information content (AvgIpc) is 3.48. The number of aromatic nitrogens is 4. The molecule has 172 valence electrons. The second kappa shape index (κ2) is 9.63. The highest BCUT2D eigenvalue weighted by Crippen LogP contribution is 2.36.